The van der Waals surface area contributed by atoms with Crippen molar-refractivity contribution in [2.45, 2.75) is 26.3 Å². The molecule has 4 nitrogen and oxygen atoms in total. The Labute approximate surface area is 79.8 Å². The number of primary amides is 1. The number of rotatable bonds is 7. The molecule has 0 aliphatic heterocycles. The molecule has 3 N–H and O–H groups in total. The molecule has 2 atom stereocenters. The minimum Gasteiger partial charge on any atom is -0.384 e. The molecular weight excluding hydrogens is 168 g/mol. The summed E-state index contributed by atoms with van der Waals surface area (Å²) in [5.41, 5.74) is 5.17. The zero-order valence-electron chi connectivity index (χ0n) is 8.67. The Balaban J connectivity index is 3.65. The Bertz CT molecular complexity index is 151. The lowest BCUT2D eigenvalue weighted by Crippen LogP contribution is -2.42. The standard InChI is InChI=1S/C9H20N2O2/c1-4-8(9(10)12)11-5-7(2)6-13-3/h7-8,11H,4-6H2,1-3H3,(H2,10,12). The second-order valence-electron chi connectivity index (χ2n) is 3.33. The van der Waals surface area contributed by atoms with Gasteiger partial charge in [0.2, 0.25) is 5.91 Å². The quantitative estimate of drug-likeness (QED) is 0.596. The van der Waals surface area contributed by atoms with E-state index >= 15 is 0 Å². The largest absolute Gasteiger partial charge is 0.384 e. The minimum atomic E-state index is -0.285. The van der Waals surface area contributed by atoms with Crippen molar-refractivity contribution in [1.29, 1.82) is 0 Å². The van der Waals surface area contributed by atoms with Crippen molar-refractivity contribution in [3.8, 4) is 0 Å². The molecule has 0 spiro atoms. The van der Waals surface area contributed by atoms with E-state index in [0.717, 1.165) is 13.0 Å². The van der Waals surface area contributed by atoms with E-state index in [-0.39, 0.29) is 11.9 Å². The molecule has 1 amide bonds. The van der Waals surface area contributed by atoms with E-state index in [1.54, 1.807) is 7.11 Å². The maximum Gasteiger partial charge on any atom is 0.234 e. The number of hydrogen-bond donors (Lipinski definition) is 2. The van der Waals surface area contributed by atoms with Gasteiger partial charge in [-0.1, -0.05) is 13.8 Å². The maximum atomic E-state index is 10.8. The van der Waals surface area contributed by atoms with E-state index in [2.05, 4.69) is 12.2 Å². The van der Waals surface area contributed by atoms with Crippen LogP contribution in [0.5, 0.6) is 0 Å². The smallest absolute Gasteiger partial charge is 0.234 e. The molecule has 0 radical (unpaired) electrons. The molecule has 2 unspecified atom stereocenters. The molecule has 0 bridgehead atoms. The summed E-state index contributed by atoms with van der Waals surface area (Å²) < 4.78 is 4.97. The van der Waals surface area contributed by atoms with Crippen LogP contribution in [0.15, 0.2) is 0 Å². The van der Waals surface area contributed by atoms with Crippen molar-refractivity contribution in [3.63, 3.8) is 0 Å². The summed E-state index contributed by atoms with van der Waals surface area (Å²) in [6.45, 7) is 5.45. The number of amides is 1. The average molecular weight is 188 g/mol. The van der Waals surface area contributed by atoms with Gasteiger partial charge >= 0.3 is 0 Å². The first-order chi connectivity index (χ1) is 6.11. The van der Waals surface area contributed by atoms with Gasteiger partial charge in [-0.15, -0.1) is 0 Å². The highest BCUT2D eigenvalue weighted by Crippen LogP contribution is 1.95. The van der Waals surface area contributed by atoms with Gasteiger partial charge in [0, 0.05) is 20.3 Å². The molecule has 4 heteroatoms. The number of carbonyl (C=O) groups excluding carboxylic acids is 1. The zero-order valence-corrected chi connectivity index (χ0v) is 8.67. The topological polar surface area (TPSA) is 64.3 Å². The second-order valence-corrected chi connectivity index (χ2v) is 3.33. The van der Waals surface area contributed by atoms with Crippen molar-refractivity contribution in [2.75, 3.05) is 20.3 Å². The lowest BCUT2D eigenvalue weighted by atomic mass is 10.1. The van der Waals surface area contributed by atoms with Gasteiger partial charge in [0.15, 0.2) is 0 Å². The average Bonchev–Trinajstić information content (AvgIpc) is 2.05. The first kappa shape index (κ1) is 12.4. The summed E-state index contributed by atoms with van der Waals surface area (Å²) in [4.78, 5) is 10.8. The highest BCUT2D eigenvalue weighted by Gasteiger charge is 2.12. The van der Waals surface area contributed by atoms with Crippen LogP contribution in [0.1, 0.15) is 20.3 Å². The van der Waals surface area contributed by atoms with Gasteiger partial charge in [0.25, 0.3) is 0 Å². The number of nitrogens with one attached hydrogen (secondary N) is 1. The Morgan fingerprint density at radius 3 is 2.62 bits per heavy atom. The molecule has 0 rings (SSSR count). The molecule has 0 aromatic rings. The lowest BCUT2D eigenvalue weighted by Gasteiger charge is -2.16. The molecule has 0 aromatic carbocycles. The van der Waals surface area contributed by atoms with Gasteiger partial charge in [-0.2, -0.15) is 0 Å². The van der Waals surface area contributed by atoms with Crippen LogP contribution in [-0.2, 0) is 9.53 Å². The fourth-order valence-electron chi connectivity index (χ4n) is 1.13. The monoisotopic (exact) mass is 188 g/mol. The summed E-state index contributed by atoms with van der Waals surface area (Å²) in [5, 5.41) is 3.10. The second kappa shape index (κ2) is 6.86. The van der Waals surface area contributed by atoms with Crippen molar-refractivity contribution >= 4 is 5.91 Å². The minimum absolute atomic E-state index is 0.209. The lowest BCUT2D eigenvalue weighted by molar-refractivity contribution is -0.120. The van der Waals surface area contributed by atoms with Crippen LogP contribution in [0.2, 0.25) is 0 Å². The molecule has 0 aliphatic rings. The molecule has 0 saturated heterocycles. The van der Waals surface area contributed by atoms with Gasteiger partial charge in [-0.3, -0.25) is 4.79 Å². The van der Waals surface area contributed by atoms with Crippen LogP contribution in [0.25, 0.3) is 0 Å². The number of nitrogens with two attached hydrogens (primary N) is 1. The Morgan fingerprint density at radius 2 is 2.23 bits per heavy atom. The van der Waals surface area contributed by atoms with Crippen molar-refractivity contribution < 1.29 is 9.53 Å². The summed E-state index contributed by atoms with van der Waals surface area (Å²) in [5.74, 6) is 0.116. The predicted molar refractivity (Wildman–Crippen MR) is 52.3 cm³/mol. The number of ether oxygens (including phenoxy) is 1. The third kappa shape index (κ3) is 5.60. The van der Waals surface area contributed by atoms with Crippen molar-refractivity contribution in [2.24, 2.45) is 11.7 Å². The van der Waals surface area contributed by atoms with Gasteiger partial charge in [-0.25, -0.2) is 0 Å². The maximum absolute atomic E-state index is 10.8. The molecule has 78 valence electrons. The molecule has 0 aromatic heterocycles. The molecule has 13 heavy (non-hydrogen) atoms. The molecular formula is C9H20N2O2. The fraction of sp³-hybridized carbons (Fsp3) is 0.889. The van der Waals surface area contributed by atoms with Gasteiger partial charge in [0.05, 0.1) is 6.04 Å². The summed E-state index contributed by atoms with van der Waals surface area (Å²) in [7, 11) is 1.67. The van der Waals surface area contributed by atoms with E-state index in [4.69, 9.17) is 10.5 Å². The summed E-state index contributed by atoms with van der Waals surface area (Å²) >= 11 is 0. The van der Waals surface area contributed by atoms with E-state index < -0.39 is 0 Å². The first-order valence-corrected chi connectivity index (χ1v) is 4.63. The highest BCUT2D eigenvalue weighted by molar-refractivity contribution is 5.79. The summed E-state index contributed by atoms with van der Waals surface area (Å²) in [6, 6.07) is -0.209. The van der Waals surface area contributed by atoms with Crippen LogP contribution >= 0.6 is 0 Å². The first-order valence-electron chi connectivity index (χ1n) is 4.63. The third-order valence-electron chi connectivity index (χ3n) is 1.92. The van der Waals surface area contributed by atoms with Crippen LogP contribution < -0.4 is 11.1 Å². The van der Waals surface area contributed by atoms with E-state index in [0.29, 0.717) is 12.5 Å². The summed E-state index contributed by atoms with van der Waals surface area (Å²) in [6.07, 6.45) is 0.731. The van der Waals surface area contributed by atoms with Crippen LogP contribution in [0, 0.1) is 5.92 Å². The number of hydrogen-bond acceptors (Lipinski definition) is 3. The van der Waals surface area contributed by atoms with Crippen LogP contribution in [0.3, 0.4) is 0 Å². The van der Waals surface area contributed by atoms with Crippen LogP contribution in [-0.4, -0.2) is 32.2 Å². The Kier molecular flexibility index (Phi) is 6.54. The fourth-order valence-corrected chi connectivity index (χ4v) is 1.13. The van der Waals surface area contributed by atoms with Gasteiger partial charge < -0.3 is 15.8 Å². The van der Waals surface area contributed by atoms with Gasteiger partial charge in [-0.05, 0) is 12.3 Å². The third-order valence-corrected chi connectivity index (χ3v) is 1.92. The van der Waals surface area contributed by atoms with Crippen molar-refractivity contribution in [1.82, 2.24) is 5.32 Å². The number of carbonyl (C=O) groups is 1. The Hall–Kier alpha value is -0.610. The van der Waals surface area contributed by atoms with E-state index in [9.17, 15) is 4.79 Å². The number of methoxy groups -OCH3 is 1. The highest BCUT2D eigenvalue weighted by atomic mass is 16.5. The van der Waals surface area contributed by atoms with Crippen molar-refractivity contribution in [3.05, 3.63) is 0 Å². The molecule has 0 saturated carbocycles. The normalized spacial score (nSPS) is 15.3. The van der Waals surface area contributed by atoms with Crippen LogP contribution in [0.4, 0.5) is 0 Å². The molecule has 0 aliphatic carbocycles. The molecule has 0 fully saturated rings. The zero-order chi connectivity index (χ0) is 10.3. The molecule has 0 heterocycles. The van der Waals surface area contributed by atoms with Gasteiger partial charge in [0.1, 0.15) is 0 Å². The Morgan fingerprint density at radius 1 is 1.62 bits per heavy atom. The SMILES string of the molecule is CCC(NCC(C)COC)C(N)=O. The predicted octanol–water partition coefficient (Wildman–Crippen LogP) is 0.122. The van der Waals surface area contributed by atoms with E-state index in [1.165, 1.54) is 0 Å². The van der Waals surface area contributed by atoms with E-state index in [1.807, 2.05) is 6.92 Å².